The highest BCUT2D eigenvalue weighted by atomic mass is 16.3. The average Bonchev–Trinajstić information content (AvgIpc) is 2.62. The molecular weight excluding hydrogens is 310 g/mol. The SMILES string of the molecule is CC1=Cc2c(O)c(C(=O)c3ccccc3)cc3c2N(CCC3)C1(C)C. The fourth-order valence-electron chi connectivity index (χ4n) is 4.01. The number of carbonyl (C=O) groups is 1. The van der Waals surface area contributed by atoms with Gasteiger partial charge in [0.05, 0.1) is 16.8 Å². The summed E-state index contributed by atoms with van der Waals surface area (Å²) >= 11 is 0. The van der Waals surface area contributed by atoms with Crippen LogP contribution in [0.4, 0.5) is 5.69 Å². The Kier molecular flexibility index (Phi) is 3.50. The number of hydrogen-bond donors (Lipinski definition) is 1. The zero-order valence-electron chi connectivity index (χ0n) is 15.0. The van der Waals surface area contributed by atoms with E-state index in [1.165, 1.54) is 5.57 Å². The molecule has 2 aliphatic rings. The van der Waals surface area contributed by atoms with E-state index in [9.17, 15) is 9.90 Å². The summed E-state index contributed by atoms with van der Waals surface area (Å²) in [5.74, 6) is -0.0143. The van der Waals surface area contributed by atoms with Gasteiger partial charge in [0.1, 0.15) is 5.75 Å². The van der Waals surface area contributed by atoms with Crippen molar-refractivity contribution in [1.82, 2.24) is 0 Å². The first kappa shape index (κ1) is 15.9. The van der Waals surface area contributed by atoms with Gasteiger partial charge in [-0.3, -0.25) is 4.79 Å². The lowest BCUT2D eigenvalue weighted by atomic mass is 9.80. The first-order chi connectivity index (χ1) is 11.9. The first-order valence-electron chi connectivity index (χ1n) is 8.86. The molecule has 2 aromatic rings. The molecule has 3 nitrogen and oxygen atoms in total. The fourth-order valence-corrected chi connectivity index (χ4v) is 4.01. The van der Waals surface area contributed by atoms with E-state index in [0.717, 1.165) is 36.2 Å². The maximum Gasteiger partial charge on any atom is 0.196 e. The van der Waals surface area contributed by atoms with Gasteiger partial charge < -0.3 is 10.0 Å². The Morgan fingerprint density at radius 1 is 1.20 bits per heavy atom. The van der Waals surface area contributed by atoms with E-state index in [0.29, 0.717) is 11.1 Å². The first-order valence-corrected chi connectivity index (χ1v) is 8.86. The third-order valence-electron chi connectivity index (χ3n) is 5.77. The molecule has 128 valence electrons. The van der Waals surface area contributed by atoms with Gasteiger partial charge >= 0.3 is 0 Å². The van der Waals surface area contributed by atoms with Crippen LogP contribution in [-0.4, -0.2) is 23.0 Å². The highest BCUT2D eigenvalue weighted by molar-refractivity contribution is 6.12. The molecule has 3 heteroatoms. The molecule has 0 aromatic heterocycles. The van der Waals surface area contributed by atoms with Crippen LogP contribution < -0.4 is 4.90 Å². The molecule has 25 heavy (non-hydrogen) atoms. The summed E-state index contributed by atoms with van der Waals surface area (Å²) in [4.78, 5) is 15.3. The lowest BCUT2D eigenvalue weighted by molar-refractivity contribution is 0.103. The van der Waals surface area contributed by atoms with Crippen molar-refractivity contribution in [2.45, 2.75) is 39.2 Å². The fraction of sp³-hybridized carbons (Fsp3) is 0.318. The summed E-state index contributed by atoms with van der Waals surface area (Å²) in [6, 6.07) is 11.1. The van der Waals surface area contributed by atoms with Gasteiger partial charge in [0.25, 0.3) is 0 Å². The van der Waals surface area contributed by atoms with Gasteiger partial charge in [-0.15, -0.1) is 0 Å². The van der Waals surface area contributed by atoms with Crippen LogP contribution in [0.1, 0.15) is 54.2 Å². The minimum atomic E-state index is -0.120. The van der Waals surface area contributed by atoms with Gasteiger partial charge in [-0.1, -0.05) is 30.3 Å². The third kappa shape index (κ3) is 2.30. The summed E-state index contributed by atoms with van der Waals surface area (Å²) in [5, 5.41) is 10.9. The zero-order valence-corrected chi connectivity index (χ0v) is 15.0. The number of phenols is 1. The van der Waals surface area contributed by atoms with Gasteiger partial charge in [-0.25, -0.2) is 0 Å². The van der Waals surface area contributed by atoms with Crippen LogP contribution in [0, 0.1) is 0 Å². The van der Waals surface area contributed by atoms with Gasteiger partial charge in [-0.05, 0) is 56.9 Å². The maximum atomic E-state index is 12.9. The Hall–Kier alpha value is -2.55. The highest BCUT2D eigenvalue weighted by Crippen LogP contribution is 2.48. The molecule has 1 N–H and O–H groups in total. The minimum Gasteiger partial charge on any atom is -0.506 e. The van der Waals surface area contributed by atoms with Gasteiger partial charge in [0.2, 0.25) is 0 Å². The van der Waals surface area contributed by atoms with Crippen LogP contribution in [0.3, 0.4) is 0 Å². The summed E-state index contributed by atoms with van der Waals surface area (Å²) in [6.45, 7) is 7.51. The third-order valence-corrected chi connectivity index (χ3v) is 5.77. The number of nitrogens with zero attached hydrogens (tertiary/aromatic N) is 1. The topological polar surface area (TPSA) is 40.5 Å². The van der Waals surface area contributed by atoms with E-state index >= 15 is 0 Å². The lowest BCUT2D eigenvalue weighted by Crippen LogP contribution is -2.49. The van der Waals surface area contributed by atoms with Crippen LogP contribution in [0.15, 0.2) is 42.0 Å². The largest absolute Gasteiger partial charge is 0.506 e. The van der Waals surface area contributed by atoms with Crippen molar-refractivity contribution in [1.29, 1.82) is 0 Å². The molecule has 4 rings (SSSR count). The van der Waals surface area contributed by atoms with Crippen LogP contribution in [0.5, 0.6) is 5.75 Å². The molecule has 0 atom stereocenters. The molecule has 2 aliphatic heterocycles. The number of rotatable bonds is 2. The molecule has 0 saturated carbocycles. The van der Waals surface area contributed by atoms with Crippen LogP contribution in [0.25, 0.3) is 6.08 Å². The zero-order chi connectivity index (χ0) is 17.8. The molecular formula is C22H23NO2. The van der Waals surface area contributed by atoms with Crippen molar-refractivity contribution < 1.29 is 9.90 Å². The standard InChI is InChI=1S/C22H23NO2/c1-14-12-17-19-16(10-7-11-23(19)22(14,2)3)13-18(21(17)25)20(24)15-8-5-4-6-9-15/h4-6,8-9,12-13,25H,7,10-11H2,1-3H3. The average molecular weight is 333 g/mol. The molecule has 0 fully saturated rings. The van der Waals surface area contributed by atoms with E-state index in [1.54, 1.807) is 12.1 Å². The second-order valence-electron chi connectivity index (χ2n) is 7.53. The van der Waals surface area contributed by atoms with Gasteiger partial charge in [-0.2, -0.15) is 0 Å². The number of phenolic OH excluding ortho intramolecular Hbond substituents is 1. The number of benzene rings is 2. The van der Waals surface area contributed by atoms with Crippen LogP contribution in [-0.2, 0) is 6.42 Å². The molecule has 0 spiro atoms. The quantitative estimate of drug-likeness (QED) is 0.818. The van der Waals surface area contributed by atoms with E-state index in [4.69, 9.17) is 0 Å². The Balaban J connectivity index is 1.93. The van der Waals surface area contributed by atoms with E-state index < -0.39 is 0 Å². The second-order valence-corrected chi connectivity index (χ2v) is 7.53. The van der Waals surface area contributed by atoms with Crippen molar-refractivity contribution in [3.05, 3.63) is 64.2 Å². The van der Waals surface area contributed by atoms with E-state index in [-0.39, 0.29) is 17.1 Å². The number of anilines is 1. The summed E-state index contributed by atoms with van der Waals surface area (Å²) < 4.78 is 0. The predicted molar refractivity (Wildman–Crippen MR) is 101 cm³/mol. The number of aryl methyl sites for hydroxylation is 1. The van der Waals surface area contributed by atoms with Crippen molar-refractivity contribution in [2.75, 3.05) is 11.4 Å². The molecule has 0 amide bonds. The number of ketones is 1. The molecule has 0 radical (unpaired) electrons. The summed E-state index contributed by atoms with van der Waals surface area (Å²) in [6.07, 6.45) is 4.06. The van der Waals surface area contributed by atoms with Crippen LogP contribution >= 0.6 is 0 Å². The maximum absolute atomic E-state index is 12.9. The normalized spacial score (nSPS) is 17.7. The van der Waals surface area contributed by atoms with E-state index in [1.807, 2.05) is 24.3 Å². The molecule has 2 aromatic carbocycles. The number of carbonyl (C=O) groups excluding carboxylic acids is 1. The minimum absolute atomic E-state index is 0.0699. The Labute approximate surface area is 148 Å². The van der Waals surface area contributed by atoms with E-state index in [2.05, 4.69) is 31.7 Å². The molecule has 0 saturated heterocycles. The van der Waals surface area contributed by atoms with Crippen molar-refractivity contribution in [2.24, 2.45) is 0 Å². The Morgan fingerprint density at radius 2 is 1.92 bits per heavy atom. The molecule has 0 aliphatic carbocycles. The van der Waals surface area contributed by atoms with Crippen molar-refractivity contribution >= 4 is 17.5 Å². The smallest absolute Gasteiger partial charge is 0.196 e. The predicted octanol–water partition coefficient (Wildman–Crippen LogP) is 4.57. The summed E-state index contributed by atoms with van der Waals surface area (Å²) in [7, 11) is 0. The van der Waals surface area contributed by atoms with Crippen molar-refractivity contribution in [3.8, 4) is 5.75 Å². The second kappa shape index (κ2) is 5.48. The number of hydrogen-bond acceptors (Lipinski definition) is 3. The Bertz CT molecular complexity index is 894. The molecule has 0 unspecified atom stereocenters. The van der Waals surface area contributed by atoms with Gasteiger partial charge in [0, 0.05) is 17.7 Å². The summed E-state index contributed by atoms with van der Waals surface area (Å²) in [5.41, 5.74) is 5.21. The Morgan fingerprint density at radius 3 is 2.64 bits per heavy atom. The highest BCUT2D eigenvalue weighted by Gasteiger charge is 2.38. The molecule has 2 heterocycles. The van der Waals surface area contributed by atoms with Crippen molar-refractivity contribution in [3.63, 3.8) is 0 Å². The molecule has 0 bridgehead atoms. The van der Waals surface area contributed by atoms with Crippen LogP contribution in [0.2, 0.25) is 0 Å². The monoisotopic (exact) mass is 333 g/mol. The lowest BCUT2D eigenvalue weighted by Gasteiger charge is -2.48. The van der Waals surface area contributed by atoms with Gasteiger partial charge in [0.15, 0.2) is 5.78 Å². The number of aromatic hydroxyl groups is 1.